The van der Waals surface area contributed by atoms with Crippen LogP contribution < -0.4 is 19.9 Å². The molecule has 2 rings (SSSR count). The molecule has 0 aliphatic heterocycles. The fourth-order valence-electron chi connectivity index (χ4n) is 2.00. The molecule has 0 spiro atoms. The third-order valence-electron chi connectivity index (χ3n) is 3.34. The van der Waals surface area contributed by atoms with Gasteiger partial charge in [-0.1, -0.05) is 0 Å². The van der Waals surface area contributed by atoms with Gasteiger partial charge < -0.3 is 19.9 Å². The van der Waals surface area contributed by atoms with E-state index >= 15 is 0 Å². The molecule has 2 aromatic rings. The lowest BCUT2D eigenvalue weighted by Crippen LogP contribution is -2.30. The number of methoxy groups -OCH3 is 1. The topological polar surface area (TPSA) is 94.6 Å². The zero-order valence-electron chi connectivity index (χ0n) is 13.5. The second-order valence-electron chi connectivity index (χ2n) is 5.06. The Morgan fingerprint density at radius 3 is 2.46 bits per heavy atom. The highest BCUT2D eigenvalue weighted by Crippen LogP contribution is 2.23. The summed E-state index contributed by atoms with van der Waals surface area (Å²) >= 11 is 0. The molecular formula is C18H18N2O4. The van der Waals surface area contributed by atoms with E-state index < -0.39 is 12.0 Å². The fraction of sp³-hybridized carbons (Fsp3) is 0.222. The van der Waals surface area contributed by atoms with Gasteiger partial charge in [0.25, 0.3) is 5.91 Å². The van der Waals surface area contributed by atoms with Gasteiger partial charge in [-0.3, -0.25) is 4.79 Å². The first kappa shape index (κ1) is 17.2. The Hall–Kier alpha value is -3.20. The molecule has 124 valence electrons. The quantitative estimate of drug-likeness (QED) is 0.843. The number of nitriles is 1. The van der Waals surface area contributed by atoms with Gasteiger partial charge in [0.15, 0.2) is 6.10 Å². The van der Waals surface area contributed by atoms with Gasteiger partial charge in [-0.15, -0.1) is 0 Å². The first-order valence-electron chi connectivity index (χ1n) is 7.29. The molecule has 0 aromatic heterocycles. The molecule has 0 aliphatic carbocycles. The van der Waals surface area contributed by atoms with E-state index in [1.54, 1.807) is 56.5 Å². The summed E-state index contributed by atoms with van der Waals surface area (Å²) in [6.07, 6.45) is -0.699. The molecule has 0 saturated carbocycles. The SMILES string of the molecule is COc1ccc(C#N)cc1COc1ccc(OC(C)C(N)=O)cc1. The molecule has 6 nitrogen and oxygen atoms in total. The Labute approximate surface area is 140 Å². The van der Waals surface area contributed by atoms with Crippen molar-refractivity contribution in [1.29, 1.82) is 5.26 Å². The Morgan fingerprint density at radius 2 is 1.88 bits per heavy atom. The van der Waals surface area contributed by atoms with Crippen molar-refractivity contribution in [3.8, 4) is 23.3 Å². The summed E-state index contributed by atoms with van der Waals surface area (Å²) in [6.45, 7) is 1.85. The van der Waals surface area contributed by atoms with E-state index in [1.807, 2.05) is 0 Å². The standard InChI is InChI=1S/C18H18N2O4/c1-12(18(20)21)24-16-6-4-15(5-7-16)23-11-14-9-13(10-19)3-8-17(14)22-2/h3-9,12H,11H2,1-2H3,(H2,20,21). The minimum absolute atomic E-state index is 0.261. The van der Waals surface area contributed by atoms with Crippen molar-refractivity contribution in [2.24, 2.45) is 5.73 Å². The average molecular weight is 326 g/mol. The maximum absolute atomic E-state index is 11.0. The van der Waals surface area contributed by atoms with Gasteiger partial charge in [-0.25, -0.2) is 0 Å². The molecule has 0 saturated heterocycles. The molecule has 0 fully saturated rings. The highest BCUT2D eigenvalue weighted by atomic mass is 16.5. The predicted molar refractivity (Wildman–Crippen MR) is 87.8 cm³/mol. The minimum Gasteiger partial charge on any atom is -0.496 e. The lowest BCUT2D eigenvalue weighted by Gasteiger charge is -2.13. The van der Waals surface area contributed by atoms with Gasteiger partial charge in [-0.05, 0) is 49.4 Å². The van der Waals surface area contributed by atoms with Crippen molar-refractivity contribution < 1.29 is 19.0 Å². The number of nitrogens with two attached hydrogens (primary N) is 1. The van der Waals surface area contributed by atoms with Crippen LogP contribution in [0.3, 0.4) is 0 Å². The summed E-state index contributed by atoms with van der Waals surface area (Å²) in [5.41, 5.74) is 6.47. The van der Waals surface area contributed by atoms with Crippen molar-refractivity contribution in [1.82, 2.24) is 0 Å². The van der Waals surface area contributed by atoms with Gasteiger partial charge in [0.2, 0.25) is 0 Å². The first-order valence-corrected chi connectivity index (χ1v) is 7.29. The molecule has 2 N–H and O–H groups in total. The minimum atomic E-state index is -0.699. The number of ether oxygens (including phenoxy) is 3. The molecule has 1 amide bonds. The highest BCUT2D eigenvalue weighted by Gasteiger charge is 2.10. The molecule has 1 unspecified atom stereocenters. The first-order chi connectivity index (χ1) is 11.5. The van der Waals surface area contributed by atoms with Gasteiger partial charge in [0.1, 0.15) is 23.9 Å². The number of nitrogens with zero attached hydrogens (tertiary/aromatic N) is 1. The van der Waals surface area contributed by atoms with Gasteiger partial charge in [0.05, 0.1) is 18.7 Å². The molecule has 2 aromatic carbocycles. The van der Waals surface area contributed by atoms with Crippen LogP contribution in [0, 0.1) is 11.3 Å². The van der Waals surface area contributed by atoms with E-state index in [1.165, 1.54) is 0 Å². The third kappa shape index (κ3) is 4.40. The van der Waals surface area contributed by atoms with E-state index in [9.17, 15) is 4.79 Å². The molecule has 1 atom stereocenters. The molecular weight excluding hydrogens is 308 g/mol. The fourth-order valence-corrected chi connectivity index (χ4v) is 2.00. The van der Waals surface area contributed by atoms with E-state index in [2.05, 4.69) is 6.07 Å². The monoisotopic (exact) mass is 326 g/mol. The van der Waals surface area contributed by atoms with Crippen LogP contribution in [-0.2, 0) is 11.4 Å². The van der Waals surface area contributed by atoms with Crippen LogP contribution in [0.25, 0.3) is 0 Å². The Balaban J connectivity index is 2.02. The van der Waals surface area contributed by atoms with Crippen LogP contribution in [0.1, 0.15) is 18.1 Å². The molecule has 24 heavy (non-hydrogen) atoms. The molecule has 0 radical (unpaired) electrons. The smallest absolute Gasteiger partial charge is 0.258 e. The van der Waals surface area contributed by atoms with Crippen LogP contribution in [0.15, 0.2) is 42.5 Å². The average Bonchev–Trinajstić information content (AvgIpc) is 2.60. The zero-order chi connectivity index (χ0) is 17.5. The van der Waals surface area contributed by atoms with Crippen LogP contribution in [0.5, 0.6) is 17.2 Å². The molecule has 0 aliphatic rings. The van der Waals surface area contributed by atoms with Crippen LogP contribution in [0.4, 0.5) is 0 Å². The number of hydrogen-bond acceptors (Lipinski definition) is 5. The summed E-state index contributed by atoms with van der Waals surface area (Å²) in [4.78, 5) is 11.0. The Morgan fingerprint density at radius 1 is 1.21 bits per heavy atom. The van der Waals surface area contributed by atoms with Crippen LogP contribution >= 0.6 is 0 Å². The van der Waals surface area contributed by atoms with Crippen LogP contribution in [0.2, 0.25) is 0 Å². The van der Waals surface area contributed by atoms with E-state index in [4.69, 9.17) is 25.2 Å². The number of carbonyl (C=O) groups is 1. The van der Waals surface area contributed by atoms with Gasteiger partial charge >= 0.3 is 0 Å². The van der Waals surface area contributed by atoms with Gasteiger partial charge in [-0.2, -0.15) is 5.26 Å². The third-order valence-corrected chi connectivity index (χ3v) is 3.34. The second-order valence-corrected chi connectivity index (χ2v) is 5.06. The lowest BCUT2D eigenvalue weighted by atomic mass is 10.1. The van der Waals surface area contributed by atoms with Crippen molar-refractivity contribution >= 4 is 5.91 Å². The Kier molecular flexibility index (Phi) is 5.63. The largest absolute Gasteiger partial charge is 0.496 e. The summed E-state index contributed by atoms with van der Waals surface area (Å²) in [5.74, 6) is 1.28. The van der Waals surface area contributed by atoms with E-state index in [0.717, 1.165) is 5.56 Å². The zero-order valence-corrected chi connectivity index (χ0v) is 13.5. The molecule has 0 bridgehead atoms. The molecule has 0 heterocycles. The number of rotatable bonds is 7. The summed E-state index contributed by atoms with van der Waals surface area (Å²) in [6, 6.07) is 14.1. The summed E-state index contributed by atoms with van der Waals surface area (Å²) in [5, 5.41) is 8.97. The number of hydrogen-bond donors (Lipinski definition) is 1. The summed E-state index contributed by atoms with van der Waals surface area (Å²) < 4.78 is 16.3. The van der Waals surface area contributed by atoms with Crippen molar-refractivity contribution in [3.63, 3.8) is 0 Å². The molecule has 6 heteroatoms. The number of primary amides is 1. The summed E-state index contributed by atoms with van der Waals surface area (Å²) in [7, 11) is 1.57. The van der Waals surface area contributed by atoms with Gasteiger partial charge in [0, 0.05) is 5.56 Å². The van der Waals surface area contributed by atoms with Crippen molar-refractivity contribution in [3.05, 3.63) is 53.6 Å². The predicted octanol–water partition coefficient (Wildman–Crippen LogP) is 2.40. The van der Waals surface area contributed by atoms with Crippen molar-refractivity contribution in [2.45, 2.75) is 19.6 Å². The maximum Gasteiger partial charge on any atom is 0.258 e. The number of amides is 1. The van der Waals surface area contributed by atoms with E-state index in [0.29, 0.717) is 22.8 Å². The van der Waals surface area contributed by atoms with Crippen LogP contribution in [-0.4, -0.2) is 19.1 Å². The Bertz CT molecular complexity index is 751. The number of benzene rings is 2. The number of carbonyl (C=O) groups excluding carboxylic acids is 1. The maximum atomic E-state index is 11.0. The van der Waals surface area contributed by atoms with Crippen molar-refractivity contribution in [2.75, 3.05) is 7.11 Å². The normalized spacial score (nSPS) is 11.2. The highest BCUT2D eigenvalue weighted by molar-refractivity contribution is 5.78. The second kappa shape index (κ2) is 7.88. The lowest BCUT2D eigenvalue weighted by molar-refractivity contribution is -0.123. The van der Waals surface area contributed by atoms with E-state index in [-0.39, 0.29) is 6.61 Å².